The lowest BCUT2D eigenvalue weighted by Crippen LogP contribution is -2.31. The first-order chi connectivity index (χ1) is 9.02. The molecular weight excluding hydrogens is 266 g/mol. The highest BCUT2D eigenvalue weighted by molar-refractivity contribution is 7.91. The van der Waals surface area contributed by atoms with Crippen molar-refractivity contribution in [3.05, 3.63) is 29.8 Å². The number of sulfone groups is 1. The van der Waals surface area contributed by atoms with Crippen LogP contribution in [0.25, 0.3) is 0 Å². The van der Waals surface area contributed by atoms with Crippen molar-refractivity contribution >= 4 is 15.7 Å². The van der Waals surface area contributed by atoms with Crippen molar-refractivity contribution in [1.29, 1.82) is 0 Å². The van der Waals surface area contributed by atoms with E-state index >= 15 is 0 Å². The Hall–Kier alpha value is -1.56. The maximum atomic E-state index is 11.9. The van der Waals surface area contributed by atoms with Crippen LogP contribution in [0.15, 0.2) is 24.3 Å². The van der Waals surface area contributed by atoms with Crippen LogP contribution in [0.1, 0.15) is 12.0 Å². The van der Waals surface area contributed by atoms with E-state index in [1.165, 1.54) is 0 Å². The standard InChI is InChI=1S/C13H17NO4S/c1-18-12-5-3-2-4-10(12)8-14-13(15)11-6-7-19(16,17)9-11/h2-5,11H,6-9H2,1H3,(H,14,15)/t11-/m0/s1. The molecule has 0 saturated carbocycles. The number of para-hydroxylation sites is 1. The van der Waals surface area contributed by atoms with E-state index in [1.54, 1.807) is 7.11 Å². The molecule has 1 heterocycles. The Kier molecular flexibility index (Phi) is 4.09. The van der Waals surface area contributed by atoms with Gasteiger partial charge in [0.05, 0.1) is 24.5 Å². The van der Waals surface area contributed by atoms with Gasteiger partial charge in [0.25, 0.3) is 0 Å². The topological polar surface area (TPSA) is 72.5 Å². The molecule has 5 nitrogen and oxygen atoms in total. The summed E-state index contributed by atoms with van der Waals surface area (Å²) in [4.78, 5) is 11.9. The lowest BCUT2D eigenvalue weighted by atomic mass is 10.1. The number of carbonyl (C=O) groups is 1. The smallest absolute Gasteiger partial charge is 0.224 e. The molecule has 0 unspecified atom stereocenters. The number of nitrogens with one attached hydrogen (secondary N) is 1. The monoisotopic (exact) mass is 283 g/mol. The van der Waals surface area contributed by atoms with Crippen LogP contribution in [-0.4, -0.2) is 32.9 Å². The van der Waals surface area contributed by atoms with Crippen LogP contribution in [0, 0.1) is 5.92 Å². The van der Waals surface area contributed by atoms with Gasteiger partial charge in [0.1, 0.15) is 5.75 Å². The van der Waals surface area contributed by atoms with E-state index < -0.39 is 15.8 Å². The van der Waals surface area contributed by atoms with Crippen molar-refractivity contribution in [2.75, 3.05) is 18.6 Å². The van der Waals surface area contributed by atoms with Gasteiger partial charge in [-0.3, -0.25) is 4.79 Å². The molecule has 0 aromatic heterocycles. The van der Waals surface area contributed by atoms with Gasteiger partial charge in [-0.1, -0.05) is 18.2 Å². The highest BCUT2D eigenvalue weighted by Crippen LogP contribution is 2.20. The number of benzene rings is 1. The van der Waals surface area contributed by atoms with E-state index in [1.807, 2.05) is 24.3 Å². The summed E-state index contributed by atoms with van der Waals surface area (Å²) in [6.45, 7) is 0.347. The van der Waals surface area contributed by atoms with Gasteiger partial charge in [-0.15, -0.1) is 0 Å². The molecule has 104 valence electrons. The zero-order valence-electron chi connectivity index (χ0n) is 10.8. The quantitative estimate of drug-likeness (QED) is 0.885. The van der Waals surface area contributed by atoms with E-state index in [0.29, 0.717) is 18.7 Å². The molecule has 0 spiro atoms. The molecule has 0 bridgehead atoms. The number of methoxy groups -OCH3 is 1. The van der Waals surface area contributed by atoms with Crippen molar-refractivity contribution in [3.8, 4) is 5.75 Å². The minimum atomic E-state index is -3.02. The Morgan fingerprint density at radius 3 is 2.79 bits per heavy atom. The number of carbonyl (C=O) groups excluding carboxylic acids is 1. The van der Waals surface area contributed by atoms with Gasteiger partial charge in [-0.25, -0.2) is 8.42 Å². The van der Waals surface area contributed by atoms with Gasteiger partial charge in [-0.2, -0.15) is 0 Å². The fourth-order valence-corrected chi connectivity index (χ4v) is 3.92. The van der Waals surface area contributed by atoms with Crippen molar-refractivity contribution in [2.45, 2.75) is 13.0 Å². The number of ether oxygens (including phenoxy) is 1. The zero-order chi connectivity index (χ0) is 13.9. The SMILES string of the molecule is COc1ccccc1CNC(=O)[C@H]1CCS(=O)(=O)C1. The maximum absolute atomic E-state index is 11.9. The number of amides is 1. The molecule has 1 amide bonds. The second kappa shape index (κ2) is 5.61. The van der Waals surface area contributed by atoms with Crippen LogP contribution >= 0.6 is 0 Å². The predicted molar refractivity (Wildman–Crippen MR) is 71.6 cm³/mol. The number of hydrogen-bond acceptors (Lipinski definition) is 4. The van der Waals surface area contributed by atoms with Crippen LogP contribution < -0.4 is 10.1 Å². The van der Waals surface area contributed by atoms with Gasteiger partial charge in [0, 0.05) is 12.1 Å². The van der Waals surface area contributed by atoms with Crippen molar-refractivity contribution < 1.29 is 17.9 Å². The Balaban J connectivity index is 1.94. The molecule has 6 heteroatoms. The minimum Gasteiger partial charge on any atom is -0.496 e. The first kappa shape index (κ1) is 13.9. The molecule has 1 aromatic carbocycles. The molecule has 0 radical (unpaired) electrons. The van der Waals surface area contributed by atoms with Crippen molar-refractivity contribution in [2.24, 2.45) is 5.92 Å². The third kappa shape index (κ3) is 3.47. The van der Waals surface area contributed by atoms with Crippen molar-refractivity contribution in [1.82, 2.24) is 5.32 Å². The third-order valence-electron chi connectivity index (χ3n) is 3.25. The predicted octanol–water partition coefficient (Wildman–Crippen LogP) is 0.746. The lowest BCUT2D eigenvalue weighted by molar-refractivity contribution is -0.124. The second-order valence-corrected chi connectivity index (χ2v) is 6.86. The molecule has 1 fully saturated rings. The van der Waals surface area contributed by atoms with Gasteiger partial charge in [0.2, 0.25) is 5.91 Å². The van der Waals surface area contributed by atoms with Gasteiger partial charge < -0.3 is 10.1 Å². The Morgan fingerprint density at radius 1 is 1.42 bits per heavy atom. The molecular formula is C13H17NO4S. The first-order valence-corrected chi connectivity index (χ1v) is 7.94. The van der Waals surface area contributed by atoms with Gasteiger partial charge in [-0.05, 0) is 12.5 Å². The highest BCUT2D eigenvalue weighted by atomic mass is 32.2. The molecule has 1 saturated heterocycles. The molecule has 1 aliphatic rings. The molecule has 1 aromatic rings. The van der Waals surface area contributed by atoms with E-state index in [9.17, 15) is 13.2 Å². The third-order valence-corrected chi connectivity index (χ3v) is 5.02. The lowest BCUT2D eigenvalue weighted by Gasteiger charge is -2.11. The van der Waals surface area contributed by atoms with Crippen LogP contribution in [0.3, 0.4) is 0 Å². The molecule has 2 rings (SSSR count). The fraction of sp³-hybridized carbons (Fsp3) is 0.462. The normalized spacial score (nSPS) is 21.0. The zero-order valence-corrected chi connectivity index (χ0v) is 11.6. The van der Waals surface area contributed by atoms with Crippen LogP contribution in [0.2, 0.25) is 0 Å². The minimum absolute atomic E-state index is 0.0369. The summed E-state index contributed by atoms with van der Waals surface area (Å²) in [6.07, 6.45) is 0.417. The average Bonchev–Trinajstić information content (AvgIpc) is 2.76. The molecule has 1 aliphatic heterocycles. The highest BCUT2D eigenvalue weighted by Gasteiger charge is 2.32. The van der Waals surface area contributed by atoms with Gasteiger partial charge >= 0.3 is 0 Å². The summed E-state index contributed by atoms with van der Waals surface area (Å²) in [6, 6.07) is 7.41. The summed E-state index contributed by atoms with van der Waals surface area (Å²) in [5.41, 5.74) is 0.874. The van der Waals surface area contributed by atoms with E-state index in [4.69, 9.17) is 4.74 Å². The molecule has 0 aliphatic carbocycles. The summed E-state index contributed by atoms with van der Waals surface area (Å²) in [5.74, 6) is 0.165. The number of hydrogen-bond donors (Lipinski definition) is 1. The van der Waals surface area contributed by atoms with E-state index in [0.717, 1.165) is 5.56 Å². The summed E-state index contributed by atoms with van der Waals surface area (Å²) < 4.78 is 27.8. The molecule has 1 atom stereocenters. The Bertz CT molecular complexity index is 568. The number of rotatable bonds is 4. The second-order valence-electron chi connectivity index (χ2n) is 4.63. The first-order valence-electron chi connectivity index (χ1n) is 6.12. The molecule has 19 heavy (non-hydrogen) atoms. The summed E-state index contributed by atoms with van der Waals surface area (Å²) in [5, 5.41) is 2.77. The molecule has 1 N–H and O–H groups in total. The average molecular weight is 283 g/mol. The van der Waals surface area contributed by atoms with Crippen LogP contribution in [0.5, 0.6) is 5.75 Å². The van der Waals surface area contributed by atoms with Crippen LogP contribution in [0.4, 0.5) is 0 Å². The van der Waals surface area contributed by atoms with Crippen LogP contribution in [-0.2, 0) is 21.2 Å². The van der Waals surface area contributed by atoms with Gasteiger partial charge in [0.15, 0.2) is 9.84 Å². The Labute approximate surface area is 112 Å². The van der Waals surface area contributed by atoms with E-state index in [2.05, 4.69) is 5.32 Å². The largest absolute Gasteiger partial charge is 0.496 e. The summed E-state index contributed by atoms with van der Waals surface area (Å²) >= 11 is 0. The van der Waals surface area contributed by atoms with Crippen molar-refractivity contribution in [3.63, 3.8) is 0 Å². The van der Waals surface area contributed by atoms with E-state index in [-0.39, 0.29) is 17.4 Å². The Morgan fingerprint density at radius 2 is 2.16 bits per heavy atom. The maximum Gasteiger partial charge on any atom is 0.224 e. The fourth-order valence-electron chi connectivity index (χ4n) is 2.18. The summed E-state index contributed by atoms with van der Waals surface area (Å²) in [7, 11) is -1.45.